The Morgan fingerprint density at radius 1 is 1.38 bits per heavy atom. The molecule has 0 aliphatic rings. The first-order valence-electron chi connectivity index (χ1n) is 5.31. The maximum absolute atomic E-state index is 6.00. The summed E-state index contributed by atoms with van der Waals surface area (Å²) in [5.74, 6) is 0.666. The molecule has 0 spiro atoms. The second-order valence-corrected chi connectivity index (χ2v) is 4.36. The summed E-state index contributed by atoms with van der Waals surface area (Å²) < 4.78 is 4.95. The second-order valence-electron chi connectivity index (χ2n) is 3.74. The van der Waals surface area contributed by atoms with Gasteiger partial charge in [-0.1, -0.05) is 0 Å². The lowest BCUT2D eigenvalue weighted by molar-refractivity contribution is 0.196. The monoisotopic (exact) mass is 243 g/mol. The van der Waals surface area contributed by atoms with Crippen LogP contribution < -0.4 is 5.32 Å². The number of anilines is 1. The molecular formula is C11H18ClN3O. The predicted octanol–water partition coefficient (Wildman–Crippen LogP) is 2.15. The van der Waals surface area contributed by atoms with Gasteiger partial charge in [-0.05, 0) is 26.3 Å². The van der Waals surface area contributed by atoms with Crippen LogP contribution in [-0.4, -0.2) is 35.6 Å². The average molecular weight is 244 g/mol. The van der Waals surface area contributed by atoms with Gasteiger partial charge < -0.3 is 10.1 Å². The van der Waals surface area contributed by atoms with Crippen molar-refractivity contribution in [3.63, 3.8) is 0 Å². The summed E-state index contributed by atoms with van der Waals surface area (Å²) in [6.45, 7) is 5.22. The van der Waals surface area contributed by atoms with Crippen molar-refractivity contribution in [2.45, 2.75) is 25.6 Å². The molecule has 16 heavy (non-hydrogen) atoms. The predicted molar refractivity (Wildman–Crippen MR) is 66.1 cm³/mol. The van der Waals surface area contributed by atoms with Crippen molar-refractivity contribution in [1.29, 1.82) is 0 Å². The molecule has 0 fully saturated rings. The summed E-state index contributed by atoms with van der Waals surface area (Å²) in [7, 11) is 1.65. The van der Waals surface area contributed by atoms with E-state index in [2.05, 4.69) is 15.3 Å². The zero-order chi connectivity index (χ0) is 12.0. The minimum Gasteiger partial charge on any atom is -0.383 e. The topological polar surface area (TPSA) is 47.0 Å². The summed E-state index contributed by atoms with van der Waals surface area (Å²) >= 11 is 6.00. The first kappa shape index (κ1) is 13.2. The highest BCUT2D eigenvalue weighted by molar-refractivity contribution is 6.20. The van der Waals surface area contributed by atoms with Crippen LogP contribution in [0, 0.1) is 13.8 Å². The number of alkyl halides is 1. The Hall–Kier alpha value is -0.870. The van der Waals surface area contributed by atoms with E-state index >= 15 is 0 Å². The highest BCUT2D eigenvalue weighted by Crippen LogP contribution is 2.06. The molecule has 0 saturated carbocycles. The molecule has 5 heteroatoms. The standard InChI is InChI=1S/C11H18ClN3O/c1-8-6-9(2)15-11(14-8)13-5-4-10(12)7-16-3/h6,10H,4-5,7H2,1-3H3,(H,13,14,15). The van der Waals surface area contributed by atoms with Gasteiger partial charge in [-0.15, -0.1) is 11.6 Å². The fourth-order valence-corrected chi connectivity index (χ4v) is 1.64. The minimum absolute atomic E-state index is 0.0309. The molecule has 0 aliphatic carbocycles. The number of aromatic nitrogens is 2. The molecule has 0 bridgehead atoms. The van der Waals surface area contributed by atoms with Gasteiger partial charge in [0.25, 0.3) is 0 Å². The number of halogens is 1. The molecule has 4 nitrogen and oxygen atoms in total. The van der Waals surface area contributed by atoms with Crippen LogP contribution in [0.25, 0.3) is 0 Å². The van der Waals surface area contributed by atoms with Crippen LogP contribution in [0.2, 0.25) is 0 Å². The van der Waals surface area contributed by atoms with Crippen LogP contribution >= 0.6 is 11.6 Å². The van der Waals surface area contributed by atoms with Gasteiger partial charge in [-0.25, -0.2) is 9.97 Å². The Labute approximate surface area is 101 Å². The molecular weight excluding hydrogens is 226 g/mol. The van der Waals surface area contributed by atoms with E-state index in [4.69, 9.17) is 16.3 Å². The number of aryl methyl sites for hydroxylation is 2. The lowest BCUT2D eigenvalue weighted by Gasteiger charge is -2.09. The largest absolute Gasteiger partial charge is 0.383 e. The molecule has 0 aliphatic heterocycles. The Morgan fingerprint density at radius 2 is 2.00 bits per heavy atom. The van der Waals surface area contributed by atoms with E-state index < -0.39 is 0 Å². The van der Waals surface area contributed by atoms with Crippen LogP contribution in [0.4, 0.5) is 5.95 Å². The second kappa shape index (κ2) is 6.66. The van der Waals surface area contributed by atoms with Gasteiger partial charge in [0.2, 0.25) is 5.95 Å². The molecule has 1 N–H and O–H groups in total. The fraction of sp³-hybridized carbons (Fsp3) is 0.636. The highest BCUT2D eigenvalue weighted by atomic mass is 35.5. The van der Waals surface area contributed by atoms with Crippen molar-refractivity contribution in [2.75, 3.05) is 25.6 Å². The first-order valence-corrected chi connectivity index (χ1v) is 5.74. The molecule has 90 valence electrons. The molecule has 0 amide bonds. The van der Waals surface area contributed by atoms with Gasteiger partial charge >= 0.3 is 0 Å². The van der Waals surface area contributed by atoms with Gasteiger partial charge in [0.15, 0.2) is 0 Å². The molecule has 1 aromatic heterocycles. The van der Waals surface area contributed by atoms with Crippen molar-refractivity contribution in [1.82, 2.24) is 9.97 Å². The van der Waals surface area contributed by atoms with Crippen LogP contribution in [0.1, 0.15) is 17.8 Å². The number of nitrogens with one attached hydrogen (secondary N) is 1. The van der Waals surface area contributed by atoms with Gasteiger partial charge in [0.05, 0.1) is 12.0 Å². The lowest BCUT2D eigenvalue weighted by Crippen LogP contribution is -2.14. The van der Waals surface area contributed by atoms with Gasteiger partial charge in [-0.2, -0.15) is 0 Å². The average Bonchev–Trinajstić information content (AvgIpc) is 2.16. The van der Waals surface area contributed by atoms with Crippen LogP contribution in [0.3, 0.4) is 0 Å². The summed E-state index contributed by atoms with van der Waals surface area (Å²) in [6, 6.07) is 1.94. The Balaban J connectivity index is 2.37. The molecule has 1 rings (SSSR count). The number of nitrogens with zero attached hydrogens (tertiary/aromatic N) is 2. The molecule has 0 saturated heterocycles. The summed E-state index contributed by atoms with van der Waals surface area (Å²) in [5.41, 5.74) is 1.93. The number of hydrogen-bond donors (Lipinski definition) is 1. The van der Waals surface area contributed by atoms with Crippen LogP contribution in [0.5, 0.6) is 0 Å². The molecule has 1 heterocycles. The quantitative estimate of drug-likeness (QED) is 0.778. The molecule has 1 atom stereocenters. The van der Waals surface area contributed by atoms with E-state index in [1.165, 1.54) is 0 Å². The molecule has 0 aromatic carbocycles. The normalized spacial score (nSPS) is 12.5. The van der Waals surface area contributed by atoms with Crippen molar-refractivity contribution in [3.8, 4) is 0 Å². The summed E-state index contributed by atoms with van der Waals surface area (Å²) in [4.78, 5) is 8.56. The SMILES string of the molecule is COCC(Cl)CCNc1nc(C)cc(C)n1. The summed E-state index contributed by atoms with van der Waals surface area (Å²) in [6.07, 6.45) is 0.825. The van der Waals surface area contributed by atoms with E-state index in [1.807, 2.05) is 19.9 Å². The Bertz CT molecular complexity index is 313. The Kier molecular flexibility index (Phi) is 5.49. The Morgan fingerprint density at radius 3 is 2.56 bits per heavy atom. The third-order valence-electron chi connectivity index (χ3n) is 2.07. The van der Waals surface area contributed by atoms with Gasteiger partial charge in [-0.3, -0.25) is 0 Å². The zero-order valence-corrected chi connectivity index (χ0v) is 10.7. The van der Waals surface area contributed by atoms with Crippen LogP contribution in [0.15, 0.2) is 6.07 Å². The molecule has 0 radical (unpaired) electrons. The number of ether oxygens (including phenoxy) is 1. The third kappa shape index (κ3) is 4.77. The fourth-order valence-electron chi connectivity index (χ4n) is 1.41. The zero-order valence-electron chi connectivity index (χ0n) is 9.96. The van der Waals surface area contributed by atoms with E-state index in [0.29, 0.717) is 12.6 Å². The van der Waals surface area contributed by atoms with Crippen molar-refractivity contribution in [3.05, 3.63) is 17.5 Å². The number of rotatable bonds is 6. The number of methoxy groups -OCH3 is 1. The minimum atomic E-state index is 0.0309. The third-order valence-corrected chi connectivity index (χ3v) is 2.41. The molecule has 1 aromatic rings. The van der Waals surface area contributed by atoms with E-state index in [9.17, 15) is 0 Å². The van der Waals surface area contributed by atoms with Crippen LogP contribution in [-0.2, 0) is 4.74 Å². The first-order chi connectivity index (χ1) is 7.61. The lowest BCUT2D eigenvalue weighted by atomic mass is 10.3. The van der Waals surface area contributed by atoms with Gasteiger partial charge in [0.1, 0.15) is 0 Å². The van der Waals surface area contributed by atoms with E-state index in [0.717, 1.165) is 24.4 Å². The smallest absolute Gasteiger partial charge is 0.223 e. The van der Waals surface area contributed by atoms with Crippen molar-refractivity contribution in [2.24, 2.45) is 0 Å². The summed E-state index contributed by atoms with van der Waals surface area (Å²) in [5, 5.41) is 3.18. The maximum Gasteiger partial charge on any atom is 0.223 e. The highest BCUT2D eigenvalue weighted by Gasteiger charge is 2.04. The van der Waals surface area contributed by atoms with Crippen molar-refractivity contribution >= 4 is 17.5 Å². The maximum atomic E-state index is 6.00. The van der Waals surface area contributed by atoms with E-state index in [-0.39, 0.29) is 5.38 Å². The molecule has 1 unspecified atom stereocenters. The number of hydrogen-bond acceptors (Lipinski definition) is 4. The van der Waals surface area contributed by atoms with Crippen molar-refractivity contribution < 1.29 is 4.74 Å². The van der Waals surface area contributed by atoms with E-state index in [1.54, 1.807) is 7.11 Å². The van der Waals surface area contributed by atoms with Gasteiger partial charge in [0, 0.05) is 25.0 Å².